The minimum Gasteiger partial charge on any atom is -0.333 e. The smallest absolute Gasteiger partial charge is 0.242 e. The van der Waals surface area contributed by atoms with Gasteiger partial charge in [0.1, 0.15) is 5.71 Å². The van der Waals surface area contributed by atoms with Crippen molar-refractivity contribution >= 4 is 22.5 Å². The molecule has 1 amide bonds. The third-order valence-electron chi connectivity index (χ3n) is 4.47. The van der Waals surface area contributed by atoms with Crippen molar-refractivity contribution in [3.8, 4) is 0 Å². The molecule has 4 rings (SSSR count). The van der Waals surface area contributed by atoms with E-state index in [0.717, 1.165) is 34.4 Å². The molecule has 3 aromatic rings. The fourth-order valence-electron chi connectivity index (χ4n) is 3.18. The molecule has 126 valence electrons. The van der Waals surface area contributed by atoms with Crippen molar-refractivity contribution in [2.75, 3.05) is 6.54 Å². The summed E-state index contributed by atoms with van der Waals surface area (Å²) in [5.41, 5.74) is 2.87. The van der Waals surface area contributed by atoms with Gasteiger partial charge in [-0.1, -0.05) is 18.2 Å². The molecule has 1 aliphatic heterocycles. The van der Waals surface area contributed by atoms with E-state index in [2.05, 4.69) is 21.1 Å². The number of amides is 1. The van der Waals surface area contributed by atoms with Crippen molar-refractivity contribution < 1.29 is 4.79 Å². The minimum absolute atomic E-state index is 0.0753. The summed E-state index contributed by atoms with van der Waals surface area (Å²) in [4.78, 5) is 20.9. The van der Waals surface area contributed by atoms with Gasteiger partial charge in [0.05, 0.1) is 5.52 Å². The standard InChI is InChI=1S/C19H19N5O/c1-23-12-10-21-19(23)17(22-24-11-4-7-18(24)25)13-14-8-9-20-16-6-3-2-5-15(14)16/h2-3,5-6,8-10,12H,4,7,11,13H2,1H3/b22-17+. The van der Waals surface area contributed by atoms with Gasteiger partial charge in [-0.2, -0.15) is 5.10 Å². The van der Waals surface area contributed by atoms with Crippen LogP contribution in [-0.2, 0) is 18.3 Å². The topological polar surface area (TPSA) is 63.4 Å². The van der Waals surface area contributed by atoms with Gasteiger partial charge in [0.15, 0.2) is 5.82 Å². The highest BCUT2D eigenvalue weighted by Gasteiger charge is 2.22. The lowest BCUT2D eigenvalue weighted by atomic mass is 10.0. The third-order valence-corrected chi connectivity index (χ3v) is 4.47. The van der Waals surface area contributed by atoms with Crippen molar-refractivity contribution in [1.82, 2.24) is 19.5 Å². The number of rotatable bonds is 4. The first-order valence-corrected chi connectivity index (χ1v) is 8.40. The van der Waals surface area contributed by atoms with E-state index in [1.165, 1.54) is 0 Å². The van der Waals surface area contributed by atoms with Gasteiger partial charge in [0.2, 0.25) is 5.91 Å². The number of fused-ring (bicyclic) bond motifs is 1. The van der Waals surface area contributed by atoms with Crippen molar-refractivity contribution in [3.05, 3.63) is 60.3 Å². The number of hydrogen-bond donors (Lipinski definition) is 0. The number of pyridine rings is 1. The molecule has 1 aliphatic rings. The van der Waals surface area contributed by atoms with E-state index in [1.54, 1.807) is 11.2 Å². The van der Waals surface area contributed by atoms with Crippen LogP contribution in [0.5, 0.6) is 0 Å². The van der Waals surface area contributed by atoms with Crippen molar-refractivity contribution in [3.63, 3.8) is 0 Å². The first-order chi connectivity index (χ1) is 12.2. The van der Waals surface area contributed by atoms with Gasteiger partial charge < -0.3 is 4.57 Å². The van der Waals surface area contributed by atoms with E-state index in [1.807, 2.05) is 48.3 Å². The fraction of sp³-hybridized carbons (Fsp3) is 0.263. The molecule has 1 aromatic carbocycles. The van der Waals surface area contributed by atoms with Crippen molar-refractivity contribution in [2.24, 2.45) is 12.1 Å². The molecule has 2 aromatic heterocycles. The summed E-state index contributed by atoms with van der Waals surface area (Å²) in [7, 11) is 1.94. The molecular formula is C19H19N5O. The van der Waals surface area contributed by atoms with Crippen LogP contribution >= 0.6 is 0 Å². The Balaban J connectivity index is 1.77. The average Bonchev–Trinajstić information content (AvgIpc) is 3.23. The molecule has 6 nitrogen and oxygen atoms in total. The van der Waals surface area contributed by atoms with Gasteiger partial charge in [-0.3, -0.25) is 9.78 Å². The summed E-state index contributed by atoms with van der Waals surface area (Å²) in [5, 5.41) is 7.33. The van der Waals surface area contributed by atoms with Gasteiger partial charge in [-0.15, -0.1) is 0 Å². The second-order valence-electron chi connectivity index (χ2n) is 6.19. The monoisotopic (exact) mass is 333 g/mol. The Morgan fingerprint density at radius 3 is 2.84 bits per heavy atom. The maximum Gasteiger partial charge on any atom is 0.242 e. The summed E-state index contributed by atoms with van der Waals surface area (Å²) < 4.78 is 1.93. The van der Waals surface area contributed by atoms with Crippen LogP contribution in [0.3, 0.4) is 0 Å². The second-order valence-corrected chi connectivity index (χ2v) is 6.19. The number of aryl methyl sites for hydroxylation is 1. The first-order valence-electron chi connectivity index (χ1n) is 8.40. The molecule has 0 spiro atoms. The van der Waals surface area contributed by atoms with Crippen molar-refractivity contribution in [1.29, 1.82) is 0 Å². The maximum absolute atomic E-state index is 12.0. The Morgan fingerprint density at radius 2 is 2.08 bits per heavy atom. The largest absolute Gasteiger partial charge is 0.333 e. The Morgan fingerprint density at radius 1 is 1.20 bits per heavy atom. The second kappa shape index (κ2) is 6.47. The highest BCUT2D eigenvalue weighted by molar-refractivity contribution is 6.01. The molecule has 25 heavy (non-hydrogen) atoms. The molecule has 0 bridgehead atoms. The molecular weight excluding hydrogens is 314 g/mol. The van der Waals surface area contributed by atoms with Crippen LogP contribution in [0.15, 0.2) is 54.0 Å². The van der Waals surface area contributed by atoms with Gasteiger partial charge in [0, 0.05) is 50.4 Å². The molecule has 1 fully saturated rings. The quantitative estimate of drug-likeness (QED) is 0.689. The molecule has 3 heterocycles. The van der Waals surface area contributed by atoms with E-state index in [9.17, 15) is 4.79 Å². The molecule has 1 saturated heterocycles. The van der Waals surface area contributed by atoms with Crippen LogP contribution in [0.4, 0.5) is 0 Å². The highest BCUT2D eigenvalue weighted by atomic mass is 16.2. The van der Waals surface area contributed by atoms with Crippen LogP contribution in [0.25, 0.3) is 10.9 Å². The zero-order valence-electron chi connectivity index (χ0n) is 14.1. The number of carbonyl (C=O) groups is 1. The summed E-state index contributed by atoms with van der Waals surface area (Å²) in [5.74, 6) is 0.854. The van der Waals surface area contributed by atoms with E-state index < -0.39 is 0 Å². The number of benzene rings is 1. The number of nitrogens with zero attached hydrogens (tertiary/aromatic N) is 5. The maximum atomic E-state index is 12.0. The zero-order valence-corrected chi connectivity index (χ0v) is 14.1. The number of carbonyl (C=O) groups excluding carboxylic acids is 1. The number of aromatic nitrogens is 3. The lowest BCUT2D eigenvalue weighted by Gasteiger charge is -2.14. The summed E-state index contributed by atoms with van der Waals surface area (Å²) in [6, 6.07) is 10.1. The van der Waals surface area contributed by atoms with E-state index in [-0.39, 0.29) is 5.91 Å². The Bertz CT molecular complexity index is 954. The van der Waals surface area contributed by atoms with Crippen molar-refractivity contribution in [2.45, 2.75) is 19.3 Å². The molecule has 0 saturated carbocycles. The predicted octanol–water partition coefficient (Wildman–Crippen LogP) is 2.54. The summed E-state index contributed by atoms with van der Waals surface area (Å²) >= 11 is 0. The summed E-state index contributed by atoms with van der Waals surface area (Å²) in [6.07, 6.45) is 7.47. The number of hydrazone groups is 1. The Kier molecular flexibility index (Phi) is 4.01. The molecule has 6 heteroatoms. The number of imidazole rings is 1. The van der Waals surface area contributed by atoms with Crippen LogP contribution in [0, 0.1) is 0 Å². The molecule has 0 N–H and O–H groups in total. The normalized spacial score (nSPS) is 15.3. The fourth-order valence-corrected chi connectivity index (χ4v) is 3.18. The third kappa shape index (κ3) is 3.03. The van der Waals surface area contributed by atoms with Gasteiger partial charge in [0.25, 0.3) is 0 Å². The Hall–Kier alpha value is -3.02. The van der Waals surface area contributed by atoms with E-state index in [0.29, 0.717) is 19.4 Å². The predicted molar refractivity (Wildman–Crippen MR) is 96.1 cm³/mol. The SMILES string of the molecule is Cn1ccnc1/C(Cc1ccnc2ccccc12)=N/N1CCCC1=O. The van der Waals surface area contributed by atoms with Crippen LogP contribution in [-0.4, -0.2) is 37.7 Å². The molecule has 0 atom stereocenters. The van der Waals surface area contributed by atoms with Gasteiger partial charge in [-0.25, -0.2) is 9.99 Å². The van der Waals surface area contributed by atoms with Gasteiger partial charge in [-0.05, 0) is 24.1 Å². The first kappa shape index (κ1) is 15.5. The molecule has 0 radical (unpaired) electrons. The molecule has 0 unspecified atom stereocenters. The lowest BCUT2D eigenvalue weighted by molar-refractivity contribution is -0.127. The Labute approximate surface area is 145 Å². The average molecular weight is 333 g/mol. The van der Waals surface area contributed by atoms with Crippen LogP contribution in [0.1, 0.15) is 24.2 Å². The van der Waals surface area contributed by atoms with E-state index >= 15 is 0 Å². The minimum atomic E-state index is 0.0753. The lowest BCUT2D eigenvalue weighted by Crippen LogP contribution is -2.23. The zero-order chi connectivity index (χ0) is 17.2. The molecule has 0 aliphatic carbocycles. The van der Waals surface area contributed by atoms with Crippen LogP contribution in [0.2, 0.25) is 0 Å². The highest BCUT2D eigenvalue weighted by Crippen LogP contribution is 2.19. The van der Waals surface area contributed by atoms with Crippen LogP contribution < -0.4 is 0 Å². The van der Waals surface area contributed by atoms with E-state index in [4.69, 9.17) is 0 Å². The number of hydrogen-bond acceptors (Lipinski definition) is 4. The number of para-hydroxylation sites is 1. The summed E-state index contributed by atoms with van der Waals surface area (Å²) in [6.45, 7) is 0.670. The van der Waals surface area contributed by atoms with Gasteiger partial charge >= 0.3 is 0 Å².